The van der Waals surface area contributed by atoms with E-state index in [-0.39, 0.29) is 6.10 Å². The topological polar surface area (TPSA) is 44.8 Å². The molecule has 4 nitrogen and oxygen atoms in total. The summed E-state index contributed by atoms with van der Waals surface area (Å²) in [4.78, 5) is 0. The molecule has 0 aliphatic carbocycles. The van der Waals surface area contributed by atoms with Gasteiger partial charge in [-0.2, -0.15) is 0 Å². The fraction of sp³-hybridized carbons (Fsp3) is 0.684. The second-order valence-electron chi connectivity index (χ2n) is 6.76. The van der Waals surface area contributed by atoms with E-state index in [1.165, 1.54) is 0 Å². The van der Waals surface area contributed by atoms with Crippen molar-refractivity contribution >= 4 is 7.60 Å². The van der Waals surface area contributed by atoms with Gasteiger partial charge in [-0.25, -0.2) is 4.57 Å². The standard InChI is InChI=1S/C19H33O4P/c1-6-7-15-24(20,21-14-10-11-16(2)3)23-19-13-9-8-12-18(19)22-17(4)5/h8-9,12-13,16-17H,6-7,10-11,14-15H2,1-5H3. The van der Waals surface area contributed by atoms with Crippen LogP contribution in [0.3, 0.4) is 0 Å². The molecule has 0 N–H and O–H groups in total. The first-order chi connectivity index (χ1) is 11.4. The molecule has 0 amide bonds. The summed E-state index contributed by atoms with van der Waals surface area (Å²) in [6, 6.07) is 7.35. The monoisotopic (exact) mass is 356 g/mol. The highest BCUT2D eigenvalue weighted by Gasteiger charge is 2.27. The third-order valence-electron chi connectivity index (χ3n) is 3.45. The maximum atomic E-state index is 13.1. The van der Waals surface area contributed by atoms with Crippen molar-refractivity contribution in [2.24, 2.45) is 5.92 Å². The summed E-state index contributed by atoms with van der Waals surface area (Å²) in [7, 11) is -3.17. The Morgan fingerprint density at radius 3 is 2.29 bits per heavy atom. The van der Waals surface area contributed by atoms with Gasteiger partial charge in [0.05, 0.1) is 18.9 Å². The van der Waals surface area contributed by atoms with Crippen molar-refractivity contribution in [3.63, 3.8) is 0 Å². The second-order valence-corrected chi connectivity index (χ2v) is 8.87. The van der Waals surface area contributed by atoms with Crippen LogP contribution in [0.1, 0.15) is 60.3 Å². The van der Waals surface area contributed by atoms with Crippen LogP contribution in [0.15, 0.2) is 24.3 Å². The molecule has 1 atom stereocenters. The Kier molecular flexibility index (Phi) is 9.46. The molecule has 0 saturated carbocycles. The summed E-state index contributed by atoms with van der Waals surface area (Å²) >= 11 is 0. The van der Waals surface area contributed by atoms with E-state index in [9.17, 15) is 4.57 Å². The minimum Gasteiger partial charge on any atom is -0.487 e. The van der Waals surface area contributed by atoms with Gasteiger partial charge in [0.15, 0.2) is 11.5 Å². The van der Waals surface area contributed by atoms with Crippen molar-refractivity contribution in [3.8, 4) is 11.5 Å². The Morgan fingerprint density at radius 1 is 1.04 bits per heavy atom. The minimum absolute atomic E-state index is 0.0248. The molecule has 5 heteroatoms. The van der Waals surface area contributed by atoms with Gasteiger partial charge >= 0.3 is 7.60 Å². The quantitative estimate of drug-likeness (QED) is 0.326. The van der Waals surface area contributed by atoms with Crippen LogP contribution < -0.4 is 9.26 Å². The average Bonchev–Trinajstić information content (AvgIpc) is 2.51. The van der Waals surface area contributed by atoms with Crippen LogP contribution in [-0.2, 0) is 9.09 Å². The zero-order chi connectivity index (χ0) is 18.0. The number of rotatable bonds is 12. The highest BCUT2D eigenvalue weighted by molar-refractivity contribution is 7.54. The molecule has 0 aliphatic heterocycles. The molecule has 1 rings (SSSR count). The number of ether oxygens (including phenoxy) is 1. The third kappa shape index (κ3) is 8.21. The average molecular weight is 356 g/mol. The van der Waals surface area contributed by atoms with Gasteiger partial charge in [0.2, 0.25) is 0 Å². The summed E-state index contributed by atoms with van der Waals surface area (Å²) in [6.07, 6.45) is 4.17. The molecule has 1 aromatic carbocycles. The predicted molar refractivity (Wildman–Crippen MR) is 100 cm³/mol. The normalized spacial score (nSPS) is 14.0. The molecule has 1 unspecified atom stereocenters. The molecular formula is C19H33O4P. The lowest BCUT2D eigenvalue weighted by Gasteiger charge is -2.22. The van der Waals surface area contributed by atoms with E-state index in [0.717, 1.165) is 25.7 Å². The largest absolute Gasteiger partial charge is 0.487 e. The number of hydrogen-bond acceptors (Lipinski definition) is 4. The lowest BCUT2D eigenvalue weighted by Crippen LogP contribution is -2.09. The third-order valence-corrected chi connectivity index (χ3v) is 5.36. The minimum atomic E-state index is -3.17. The van der Waals surface area contributed by atoms with Gasteiger partial charge in [-0.15, -0.1) is 0 Å². The fourth-order valence-electron chi connectivity index (χ4n) is 2.21. The van der Waals surface area contributed by atoms with E-state index in [4.69, 9.17) is 13.8 Å². The van der Waals surface area contributed by atoms with Crippen LogP contribution in [-0.4, -0.2) is 18.9 Å². The molecule has 24 heavy (non-hydrogen) atoms. The van der Waals surface area contributed by atoms with E-state index in [2.05, 4.69) is 20.8 Å². The van der Waals surface area contributed by atoms with Gasteiger partial charge in [0.25, 0.3) is 0 Å². The molecule has 0 aliphatic rings. The number of benzene rings is 1. The Balaban J connectivity index is 2.79. The molecule has 0 bridgehead atoms. The zero-order valence-corrected chi connectivity index (χ0v) is 16.7. The summed E-state index contributed by atoms with van der Waals surface area (Å²) in [6.45, 7) is 10.8. The first kappa shape index (κ1) is 21.1. The molecule has 0 radical (unpaired) electrons. The SMILES string of the molecule is CCCCP(=O)(OCCCC(C)C)Oc1ccccc1OC(C)C. The number of para-hydroxylation sites is 2. The van der Waals surface area contributed by atoms with E-state index in [1.807, 2.05) is 32.0 Å². The van der Waals surface area contributed by atoms with Gasteiger partial charge in [-0.3, -0.25) is 4.52 Å². The van der Waals surface area contributed by atoms with E-state index >= 15 is 0 Å². The van der Waals surface area contributed by atoms with Gasteiger partial charge in [-0.1, -0.05) is 39.3 Å². The summed E-state index contributed by atoms with van der Waals surface area (Å²) in [5, 5.41) is 0. The Morgan fingerprint density at radius 2 is 1.71 bits per heavy atom. The second kappa shape index (κ2) is 10.8. The zero-order valence-electron chi connectivity index (χ0n) is 15.8. The molecule has 0 aromatic heterocycles. The van der Waals surface area contributed by atoms with Crippen LogP contribution in [0.4, 0.5) is 0 Å². The van der Waals surface area contributed by atoms with Crippen molar-refractivity contribution in [1.82, 2.24) is 0 Å². The van der Waals surface area contributed by atoms with Crippen molar-refractivity contribution in [3.05, 3.63) is 24.3 Å². The highest BCUT2D eigenvalue weighted by Crippen LogP contribution is 2.51. The lowest BCUT2D eigenvalue weighted by atomic mass is 10.1. The van der Waals surface area contributed by atoms with Crippen LogP contribution >= 0.6 is 7.60 Å². The highest BCUT2D eigenvalue weighted by atomic mass is 31.2. The van der Waals surface area contributed by atoms with E-state index < -0.39 is 7.60 Å². The van der Waals surface area contributed by atoms with Crippen molar-refractivity contribution in [2.75, 3.05) is 12.8 Å². The fourth-order valence-corrected chi connectivity index (χ4v) is 4.04. The van der Waals surface area contributed by atoms with Crippen LogP contribution in [0.25, 0.3) is 0 Å². The van der Waals surface area contributed by atoms with Crippen LogP contribution in [0, 0.1) is 5.92 Å². The maximum absolute atomic E-state index is 13.1. The van der Waals surface area contributed by atoms with E-state index in [0.29, 0.717) is 30.2 Å². The number of hydrogen-bond donors (Lipinski definition) is 0. The lowest BCUT2D eigenvalue weighted by molar-refractivity contribution is 0.225. The van der Waals surface area contributed by atoms with Crippen molar-refractivity contribution < 1.29 is 18.3 Å². The molecule has 0 heterocycles. The van der Waals surface area contributed by atoms with Gasteiger partial charge in [0, 0.05) is 0 Å². The molecule has 0 fully saturated rings. The molecule has 1 aromatic rings. The summed E-state index contributed by atoms with van der Waals surface area (Å²) < 4.78 is 30.5. The Bertz CT molecular complexity index is 514. The molecule has 0 spiro atoms. The molecule has 138 valence electrons. The Labute approximate surface area is 147 Å². The van der Waals surface area contributed by atoms with Crippen LogP contribution in [0.5, 0.6) is 11.5 Å². The van der Waals surface area contributed by atoms with Gasteiger partial charge < -0.3 is 9.26 Å². The van der Waals surface area contributed by atoms with E-state index in [1.54, 1.807) is 6.07 Å². The molecular weight excluding hydrogens is 323 g/mol. The maximum Gasteiger partial charge on any atom is 0.379 e. The van der Waals surface area contributed by atoms with Gasteiger partial charge in [0.1, 0.15) is 0 Å². The summed E-state index contributed by atoms with van der Waals surface area (Å²) in [5.41, 5.74) is 0. The Hall–Kier alpha value is -0.990. The van der Waals surface area contributed by atoms with Gasteiger partial charge in [-0.05, 0) is 51.2 Å². The van der Waals surface area contributed by atoms with Crippen molar-refractivity contribution in [1.29, 1.82) is 0 Å². The van der Waals surface area contributed by atoms with Crippen molar-refractivity contribution in [2.45, 2.75) is 66.4 Å². The first-order valence-electron chi connectivity index (χ1n) is 9.05. The summed E-state index contributed by atoms with van der Waals surface area (Å²) in [5.74, 6) is 1.72. The smallest absolute Gasteiger partial charge is 0.379 e. The predicted octanol–water partition coefficient (Wildman–Crippen LogP) is 6.30. The molecule has 0 saturated heterocycles. The van der Waals surface area contributed by atoms with Crippen LogP contribution in [0.2, 0.25) is 0 Å². The first-order valence-corrected chi connectivity index (χ1v) is 10.8. The number of unbranched alkanes of at least 4 members (excludes halogenated alkanes) is 1.